The molecule has 0 fully saturated rings. The predicted molar refractivity (Wildman–Crippen MR) is 70.7 cm³/mol. The molecular weight excluding hydrogens is 324 g/mol. The fourth-order valence-electron chi connectivity index (χ4n) is 1.07. The largest absolute Gasteiger partial charge is 0.480 e. The Labute approximate surface area is 116 Å². The Kier molecular flexibility index (Phi) is 6.69. The molecular formula is C10H13BrN2O4S. The van der Waals surface area contributed by atoms with Crippen molar-refractivity contribution in [3.8, 4) is 0 Å². The van der Waals surface area contributed by atoms with Gasteiger partial charge in [-0.05, 0) is 27.4 Å². The highest BCUT2D eigenvalue weighted by molar-refractivity contribution is 9.10. The van der Waals surface area contributed by atoms with Crippen molar-refractivity contribution in [2.24, 2.45) is 0 Å². The van der Waals surface area contributed by atoms with E-state index in [4.69, 9.17) is 9.84 Å². The summed E-state index contributed by atoms with van der Waals surface area (Å²) >= 11 is 4.91. The molecule has 0 aliphatic carbocycles. The Morgan fingerprint density at radius 1 is 1.44 bits per heavy atom. The summed E-state index contributed by atoms with van der Waals surface area (Å²) in [6.07, 6.45) is 0. The normalized spacial score (nSPS) is 10.1. The summed E-state index contributed by atoms with van der Waals surface area (Å²) in [5.41, 5.74) is 0. The Bertz CT molecular complexity index is 410. The number of carbonyl (C=O) groups is 2. The van der Waals surface area contributed by atoms with Crippen molar-refractivity contribution in [2.75, 3.05) is 19.8 Å². The molecule has 100 valence electrons. The molecule has 0 saturated heterocycles. The highest BCUT2D eigenvalue weighted by Gasteiger charge is 2.04. The minimum Gasteiger partial charge on any atom is -0.480 e. The number of rotatable bonds is 7. The maximum absolute atomic E-state index is 11.3. The van der Waals surface area contributed by atoms with Crippen LogP contribution in [0.3, 0.4) is 0 Å². The first-order chi connectivity index (χ1) is 8.59. The second-order valence-corrected chi connectivity index (χ2v) is 5.10. The molecule has 18 heavy (non-hydrogen) atoms. The van der Waals surface area contributed by atoms with Crippen molar-refractivity contribution in [1.29, 1.82) is 0 Å². The number of carbonyl (C=O) groups excluding carboxylic acids is 1. The third-order valence-electron chi connectivity index (χ3n) is 1.86. The van der Waals surface area contributed by atoms with Crippen LogP contribution in [0.15, 0.2) is 15.9 Å². The third-order valence-corrected chi connectivity index (χ3v) is 3.78. The number of amides is 2. The molecule has 3 N–H and O–H groups in total. The molecule has 1 aromatic rings. The van der Waals surface area contributed by atoms with E-state index in [1.54, 1.807) is 11.3 Å². The van der Waals surface area contributed by atoms with Crippen LogP contribution >= 0.6 is 27.3 Å². The summed E-state index contributed by atoms with van der Waals surface area (Å²) in [6, 6.07) is 1.61. The van der Waals surface area contributed by atoms with Crippen LogP contribution in [0.2, 0.25) is 0 Å². The third kappa shape index (κ3) is 5.99. The highest BCUT2D eigenvalue weighted by atomic mass is 79.9. The van der Waals surface area contributed by atoms with Gasteiger partial charge >= 0.3 is 12.0 Å². The molecule has 0 saturated carbocycles. The fraction of sp³-hybridized carbons (Fsp3) is 0.400. The predicted octanol–water partition coefficient (Wildman–Crippen LogP) is 1.41. The van der Waals surface area contributed by atoms with Crippen LogP contribution in [-0.4, -0.2) is 36.9 Å². The van der Waals surface area contributed by atoms with Crippen molar-refractivity contribution in [3.05, 3.63) is 20.8 Å². The van der Waals surface area contributed by atoms with E-state index >= 15 is 0 Å². The van der Waals surface area contributed by atoms with Crippen molar-refractivity contribution in [2.45, 2.75) is 6.54 Å². The van der Waals surface area contributed by atoms with Gasteiger partial charge in [0.2, 0.25) is 0 Å². The van der Waals surface area contributed by atoms with Gasteiger partial charge in [0, 0.05) is 15.9 Å². The van der Waals surface area contributed by atoms with Crippen LogP contribution in [0.1, 0.15) is 4.88 Å². The first kappa shape index (κ1) is 14.9. The second-order valence-electron chi connectivity index (χ2n) is 3.25. The lowest BCUT2D eigenvalue weighted by Gasteiger charge is -2.06. The number of hydrogen-bond donors (Lipinski definition) is 3. The lowest BCUT2D eigenvalue weighted by Crippen LogP contribution is -2.37. The molecule has 0 aliphatic rings. The molecule has 0 unspecified atom stereocenters. The summed E-state index contributed by atoms with van der Waals surface area (Å²) < 4.78 is 5.74. The monoisotopic (exact) mass is 336 g/mol. The van der Waals surface area contributed by atoms with Gasteiger partial charge in [-0.3, -0.25) is 0 Å². The van der Waals surface area contributed by atoms with Crippen LogP contribution in [-0.2, 0) is 16.1 Å². The van der Waals surface area contributed by atoms with E-state index in [9.17, 15) is 9.59 Å². The van der Waals surface area contributed by atoms with Gasteiger partial charge in [-0.15, -0.1) is 11.3 Å². The van der Waals surface area contributed by atoms with Crippen LogP contribution in [0.25, 0.3) is 0 Å². The quantitative estimate of drug-likeness (QED) is 0.657. The van der Waals surface area contributed by atoms with Gasteiger partial charge in [0.15, 0.2) is 0 Å². The van der Waals surface area contributed by atoms with E-state index in [1.165, 1.54) is 0 Å². The van der Waals surface area contributed by atoms with E-state index in [-0.39, 0.29) is 25.8 Å². The molecule has 0 atom stereocenters. The minimum absolute atomic E-state index is 0.169. The number of urea groups is 1. The van der Waals surface area contributed by atoms with E-state index in [2.05, 4.69) is 26.6 Å². The Balaban J connectivity index is 2.07. The standard InChI is InChI=1S/C10H13BrN2O4S/c11-7-1-4-18-8(7)5-13-10(16)12-2-3-17-6-9(14)15/h1,4H,2-3,5-6H2,(H,14,15)(H2,12,13,16). The molecule has 2 amide bonds. The van der Waals surface area contributed by atoms with Gasteiger partial charge in [-0.25, -0.2) is 9.59 Å². The summed E-state index contributed by atoms with van der Waals surface area (Å²) in [5, 5.41) is 15.5. The number of halogens is 1. The maximum Gasteiger partial charge on any atom is 0.329 e. The first-order valence-electron chi connectivity index (χ1n) is 5.12. The van der Waals surface area contributed by atoms with Gasteiger partial charge in [-0.1, -0.05) is 0 Å². The molecule has 1 rings (SSSR count). The van der Waals surface area contributed by atoms with Crippen molar-refractivity contribution in [1.82, 2.24) is 10.6 Å². The molecule has 6 nitrogen and oxygen atoms in total. The molecule has 0 spiro atoms. The lowest BCUT2D eigenvalue weighted by molar-refractivity contribution is -0.142. The van der Waals surface area contributed by atoms with Gasteiger partial charge in [0.1, 0.15) is 6.61 Å². The zero-order valence-corrected chi connectivity index (χ0v) is 11.8. The Morgan fingerprint density at radius 2 is 2.22 bits per heavy atom. The lowest BCUT2D eigenvalue weighted by atomic mass is 10.5. The zero-order chi connectivity index (χ0) is 13.4. The van der Waals surface area contributed by atoms with E-state index < -0.39 is 5.97 Å². The minimum atomic E-state index is -1.03. The number of aliphatic carboxylic acids is 1. The summed E-state index contributed by atoms with van der Waals surface area (Å²) in [6.45, 7) is 0.526. The van der Waals surface area contributed by atoms with E-state index in [1.807, 2.05) is 11.4 Å². The SMILES string of the molecule is O=C(O)COCCNC(=O)NCc1sccc1Br. The molecule has 0 bridgehead atoms. The Morgan fingerprint density at radius 3 is 2.83 bits per heavy atom. The van der Waals surface area contributed by atoms with Crippen molar-refractivity contribution in [3.63, 3.8) is 0 Å². The first-order valence-corrected chi connectivity index (χ1v) is 6.80. The highest BCUT2D eigenvalue weighted by Crippen LogP contribution is 2.21. The summed E-state index contributed by atoms with van der Waals surface area (Å²) in [7, 11) is 0. The van der Waals surface area contributed by atoms with Gasteiger partial charge in [0.05, 0.1) is 13.2 Å². The van der Waals surface area contributed by atoms with Gasteiger partial charge < -0.3 is 20.5 Å². The number of thiophene rings is 1. The molecule has 0 radical (unpaired) electrons. The van der Waals surface area contributed by atoms with Gasteiger partial charge in [-0.2, -0.15) is 0 Å². The topological polar surface area (TPSA) is 87.7 Å². The van der Waals surface area contributed by atoms with Crippen LogP contribution < -0.4 is 10.6 Å². The number of carboxylic acids is 1. The van der Waals surface area contributed by atoms with Crippen LogP contribution in [0, 0.1) is 0 Å². The van der Waals surface area contributed by atoms with Gasteiger partial charge in [0.25, 0.3) is 0 Å². The van der Waals surface area contributed by atoms with Crippen LogP contribution in [0.4, 0.5) is 4.79 Å². The van der Waals surface area contributed by atoms with E-state index in [0.29, 0.717) is 6.54 Å². The summed E-state index contributed by atoms with van der Waals surface area (Å²) in [4.78, 5) is 22.5. The summed E-state index contributed by atoms with van der Waals surface area (Å²) in [5.74, 6) is -1.03. The Hall–Kier alpha value is -1.12. The average molecular weight is 337 g/mol. The smallest absolute Gasteiger partial charge is 0.329 e. The maximum atomic E-state index is 11.3. The van der Waals surface area contributed by atoms with Crippen LogP contribution in [0.5, 0.6) is 0 Å². The molecule has 1 heterocycles. The van der Waals surface area contributed by atoms with Crippen molar-refractivity contribution >= 4 is 39.3 Å². The average Bonchev–Trinajstić information content (AvgIpc) is 2.71. The zero-order valence-electron chi connectivity index (χ0n) is 9.44. The number of nitrogens with one attached hydrogen (secondary N) is 2. The molecule has 0 aliphatic heterocycles. The second kappa shape index (κ2) is 8.06. The van der Waals surface area contributed by atoms with Crippen molar-refractivity contribution < 1.29 is 19.4 Å². The molecule has 1 aromatic heterocycles. The molecule has 0 aromatic carbocycles. The number of hydrogen-bond acceptors (Lipinski definition) is 4. The molecule has 8 heteroatoms. The number of carboxylic acid groups (broad SMARTS) is 1. The van der Waals surface area contributed by atoms with E-state index in [0.717, 1.165) is 9.35 Å². The fourth-order valence-corrected chi connectivity index (χ4v) is 2.50. The number of ether oxygens (including phenoxy) is 1.